The molecule has 4 fully saturated rings. The van der Waals surface area contributed by atoms with Gasteiger partial charge in [0.25, 0.3) is 0 Å². The summed E-state index contributed by atoms with van der Waals surface area (Å²) in [5, 5.41) is 31.0. The summed E-state index contributed by atoms with van der Waals surface area (Å²) in [7, 11) is 1.45. The van der Waals surface area contributed by atoms with Gasteiger partial charge < -0.3 is 29.5 Å². The Labute approximate surface area is 243 Å². The minimum atomic E-state index is -1.20. The van der Waals surface area contributed by atoms with Crippen LogP contribution in [0, 0.1) is 46.3 Å². The molecule has 0 amide bonds. The lowest BCUT2D eigenvalue weighted by atomic mass is 9.47. The third kappa shape index (κ3) is 5.48. The third-order valence-corrected chi connectivity index (χ3v) is 12.7. The third-order valence-electron chi connectivity index (χ3n) is 12.7. The topological polar surface area (TPSA) is 88.4 Å². The average molecular weight is 563 g/mol. The number of aliphatic hydroxyl groups is 3. The standard InChI is InChI=1S/C34H58O6/c1-20(2)8-7-9-21(3)25-12-13-26-24-11-10-22-18-23(14-16-33(22,4)27(24)15-17-34(25,26)5)39-32-30(37)29(36)31(38-6)28(19-35)40-32/h10,20-21,23-32,35-37H,7-9,11-19H2,1-6H3/t21-,23?,24+,25-,26+,27+,28?,29?,30?,31-,32-,33+,34-/m1/s1. The Kier molecular flexibility index (Phi) is 9.47. The van der Waals surface area contributed by atoms with Crippen LogP contribution in [0.2, 0.25) is 0 Å². The molecule has 1 heterocycles. The fourth-order valence-electron chi connectivity index (χ4n) is 10.4. The summed E-state index contributed by atoms with van der Waals surface area (Å²) in [4.78, 5) is 0. The fraction of sp³-hybridized carbons (Fsp3) is 0.941. The second-order valence-corrected chi connectivity index (χ2v) is 15.2. The molecule has 3 N–H and O–H groups in total. The lowest BCUT2D eigenvalue weighted by Gasteiger charge is -2.58. The van der Waals surface area contributed by atoms with Crippen LogP contribution in [0.5, 0.6) is 0 Å². The van der Waals surface area contributed by atoms with E-state index in [1.165, 1.54) is 64.0 Å². The predicted molar refractivity (Wildman–Crippen MR) is 156 cm³/mol. The quantitative estimate of drug-likeness (QED) is 0.305. The van der Waals surface area contributed by atoms with E-state index in [-0.39, 0.29) is 18.1 Å². The van der Waals surface area contributed by atoms with E-state index in [9.17, 15) is 15.3 Å². The van der Waals surface area contributed by atoms with E-state index in [0.717, 1.165) is 54.8 Å². The molecule has 6 heteroatoms. The van der Waals surface area contributed by atoms with Gasteiger partial charge in [-0.25, -0.2) is 0 Å². The summed E-state index contributed by atoms with van der Waals surface area (Å²) in [6.45, 7) is 12.1. The van der Waals surface area contributed by atoms with Gasteiger partial charge in [0.1, 0.15) is 24.4 Å². The molecule has 40 heavy (non-hydrogen) atoms. The molecule has 0 spiro atoms. The normalized spacial score (nSPS) is 47.8. The maximum atomic E-state index is 10.7. The van der Waals surface area contributed by atoms with Crippen molar-refractivity contribution in [3.63, 3.8) is 0 Å². The molecule has 4 unspecified atom stereocenters. The number of fused-ring (bicyclic) bond motifs is 5. The van der Waals surface area contributed by atoms with Crippen molar-refractivity contribution >= 4 is 0 Å². The van der Waals surface area contributed by atoms with E-state index in [1.54, 1.807) is 0 Å². The number of aliphatic hydroxyl groups excluding tert-OH is 3. The van der Waals surface area contributed by atoms with Gasteiger partial charge in [-0.05, 0) is 97.7 Å². The van der Waals surface area contributed by atoms with Crippen molar-refractivity contribution in [3.8, 4) is 0 Å². The van der Waals surface area contributed by atoms with Gasteiger partial charge in [0.2, 0.25) is 0 Å². The van der Waals surface area contributed by atoms with Crippen LogP contribution >= 0.6 is 0 Å². The molecule has 0 aromatic heterocycles. The first-order valence-corrected chi connectivity index (χ1v) is 16.5. The zero-order valence-corrected chi connectivity index (χ0v) is 26.1. The molecule has 0 bridgehead atoms. The largest absolute Gasteiger partial charge is 0.394 e. The molecule has 0 aromatic rings. The summed E-state index contributed by atoms with van der Waals surface area (Å²) in [5.41, 5.74) is 2.26. The number of hydrogen-bond acceptors (Lipinski definition) is 6. The number of rotatable bonds is 9. The summed E-state index contributed by atoms with van der Waals surface area (Å²) in [5.74, 6) is 4.93. The van der Waals surface area contributed by atoms with Gasteiger partial charge in [-0.1, -0.05) is 65.5 Å². The number of hydrogen-bond donors (Lipinski definition) is 3. The summed E-state index contributed by atoms with van der Waals surface area (Å²) in [6.07, 6.45) is 11.5. The van der Waals surface area contributed by atoms with Gasteiger partial charge in [0.05, 0.1) is 12.7 Å². The number of allylic oxidation sites excluding steroid dienone is 1. The SMILES string of the molecule is CO[C@@H]1C(CO)O[C@@H](OC2CC[C@@]3(C)C(=CC[C@H]4[C@@H]5CC[C@H]([C@H](C)CCCC(C)C)[C@@]5(C)CC[C@@H]43)C2)C(O)C1O. The summed E-state index contributed by atoms with van der Waals surface area (Å²) >= 11 is 0. The Morgan fingerprint density at radius 3 is 2.48 bits per heavy atom. The zero-order chi connectivity index (χ0) is 28.8. The second-order valence-electron chi connectivity index (χ2n) is 15.2. The van der Waals surface area contributed by atoms with Gasteiger partial charge in [-0.3, -0.25) is 0 Å². The van der Waals surface area contributed by atoms with Gasteiger partial charge in [-0.15, -0.1) is 0 Å². The Morgan fingerprint density at radius 2 is 1.77 bits per heavy atom. The molecule has 13 atom stereocenters. The van der Waals surface area contributed by atoms with Gasteiger partial charge in [0.15, 0.2) is 6.29 Å². The fourth-order valence-corrected chi connectivity index (χ4v) is 10.4. The molecule has 1 saturated heterocycles. The molecular formula is C34H58O6. The van der Waals surface area contributed by atoms with Gasteiger partial charge in [0, 0.05) is 7.11 Å². The Bertz CT molecular complexity index is 888. The van der Waals surface area contributed by atoms with Crippen LogP contribution in [0.4, 0.5) is 0 Å². The van der Waals surface area contributed by atoms with Crippen molar-refractivity contribution in [1.82, 2.24) is 0 Å². The zero-order valence-electron chi connectivity index (χ0n) is 26.1. The molecule has 6 nitrogen and oxygen atoms in total. The highest BCUT2D eigenvalue weighted by Crippen LogP contribution is 2.67. The van der Waals surface area contributed by atoms with Crippen molar-refractivity contribution in [2.75, 3.05) is 13.7 Å². The lowest BCUT2D eigenvalue weighted by molar-refractivity contribution is -0.316. The van der Waals surface area contributed by atoms with Crippen LogP contribution in [0.3, 0.4) is 0 Å². The minimum Gasteiger partial charge on any atom is -0.394 e. The van der Waals surface area contributed by atoms with Crippen molar-refractivity contribution in [2.24, 2.45) is 46.3 Å². The first-order valence-electron chi connectivity index (χ1n) is 16.5. The monoisotopic (exact) mass is 562 g/mol. The molecule has 5 aliphatic rings. The van der Waals surface area contributed by atoms with Gasteiger partial charge >= 0.3 is 0 Å². The first kappa shape index (κ1) is 30.9. The highest BCUT2D eigenvalue weighted by atomic mass is 16.7. The number of ether oxygens (including phenoxy) is 3. The average Bonchev–Trinajstić information content (AvgIpc) is 3.28. The number of methoxy groups -OCH3 is 1. The Morgan fingerprint density at radius 1 is 1.00 bits per heavy atom. The van der Waals surface area contributed by atoms with E-state index in [2.05, 4.69) is 40.7 Å². The summed E-state index contributed by atoms with van der Waals surface area (Å²) < 4.78 is 17.4. The van der Waals surface area contributed by atoms with Crippen LogP contribution in [0.25, 0.3) is 0 Å². The smallest absolute Gasteiger partial charge is 0.186 e. The molecule has 3 saturated carbocycles. The highest BCUT2D eigenvalue weighted by Gasteiger charge is 2.59. The maximum absolute atomic E-state index is 10.7. The maximum Gasteiger partial charge on any atom is 0.186 e. The van der Waals surface area contributed by atoms with E-state index in [0.29, 0.717) is 5.41 Å². The minimum absolute atomic E-state index is 0.0578. The van der Waals surface area contributed by atoms with E-state index >= 15 is 0 Å². The predicted octanol–water partition coefficient (Wildman–Crippen LogP) is 5.87. The molecule has 4 aliphatic carbocycles. The molecule has 1 aliphatic heterocycles. The van der Waals surface area contributed by atoms with Gasteiger partial charge in [-0.2, -0.15) is 0 Å². The highest BCUT2D eigenvalue weighted by molar-refractivity contribution is 5.25. The van der Waals surface area contributed by atoms with E-state index < -0.39 is 30.7 Å². The van der Waals surface area contributed by atoms with Crippen molar-refractivity contribution in [2.45, 2.75) is 142 Å². The molecule has 0 aromatic carbocycles. The van der Waals surface area contributed by atoms with Crippen LogP contribution in [-0.2, 0) is 14.2 Å². The van der Waals surface area contributed by atoms with Crippen molar-refractivity contribution in [3.05, 3.63) is 11.6 Å². The first-order chi connectivity index (χ1) is 19.0. The summed E-state index contributed by atoms with van der Waals surface area (Å²) in [6, 6.07) is 0. The molecule has 230 valence electrons. The van der Waals surface area contributed by atoms with Crippen LogP contribution in [0.15, 0.2) is 11.6 Å². The van der Waals surface area contributed by atoms with E-state index in [1.807, 2.05) is 0 Å². The van der Waals surface area contributed by atoms with Crippen molar-refractivity contribution in [1.29, 1.82) is 0 Å². The lowest BCUT2D eigenvalue weighted by Crippen LogP contribution is -2.60. The Balaban J connectivity index is 1.24. The Hall–Kier alpha value is -0.500. The second kappa shape index (κ2) is 12.2. The van der Waals surface area contributed by atoms with E-state index in [4.69, 9.17) is 14.2 Å². The van der Waals surface area contributed by atoms with Crippen LogP contribution < -0.4 is 0 Å². The molecular weight excluding hydrogens is 504 g/mol. The van der Waals surface area contributed by atoms with Crippen LogP contribution in [0.1, 0.15) is 105 Å². The van der Waals surface area contributed by atoms with Crippen LogP contribution in [-0.4, -0.2) is 65.8 Å². The molecule has 5 rings (SSSR count). The molecule has 0 radical (unpaired) electrons. The van der Waals surface area contributed by atoms with Crippen molar-refractivity contribution < 1.29 is 29.5 Å².